The number of hydrogen-bond acceptors (Lipinski definition) is 5. The molecular weight excluding hydrogens is 368 g/mol. The maximum atomic E-state index is 12.4. The van der Waals surface area contributed by atoms with E-state index < -0.39 is 6.04 Å². The van der Waals surface area contributed by atoms with Crippen molar-refractivity contribution < 1.29 is 14.3 Å². The first-order valence-corrected chi connectivity index (χ1v) is 9.28. The number of rotatable bonds is 9. The van der Waals surface area contributed by atoms with Gasteiger partial charge < -0.3 is 20.7 Å². The van der Waals surface area contributed by atoms with Crippen molar-refractivity contribution in [2.45, 2.75) is 26.3 Å². The van der Waals surface area contributed by atoms with Crippen molar-refractivity contribution >= 4 is 24.2 Å². The number of hydrogen-bond donors (Lipinski definition) is 3. The summed E-state index contributed by atoms with van der Waals surface area (Å²) in [7, 11) is 0. The lowest BCUT2D eigenvalue weighted by Gasteiger charge is -2.27. The SMILES string of the molecule is CCOc1ccccc1C(CC(=O)NCCN1CCNCC1)NC(C)=O.Cl. The molecule has 3 N–H and O–H groups in total. The second-order valence-electron chi connectivity index (χ2n) is 6.37. The van der Waals surface area contributed by atoms with Gasteiger partial charge in [-0.25, -0.2) is 0 Å². The first-order chi connectivity index (χ1) is 12.6. The van der Waals surface area contributed by atoms with E-state index in [-0.39, 0.29) is 30.6 Å². The average molecular weight is 399 g/mol. The number of para-hydroxylation sites is 1. The van der Waals surface area contributed by atoms with Crippen molar-refractivity contribution in [1.82, 2.24) is 20.9 Å². The zero-order valence-corrected chi connectivity index (χ0v) is 16.9. The minimum Gasteiger partial charge on any atom is -0.494 e. The molecular formula is C19H31ClN4O3. The third-order valence-corrected chi connectivity index (χ3v) is 4.32. The Morgan fingerprint density at radius 3 is 2.63 bits per heavy atom. The molecule has 152 valence electrons. The molecule has 0 bridgehead atoms. The zero-order valence-electron chi connectivity index (χ0n) is 16.1. The van der Waals surface area contributed by atoms with Crippen LogP contribution in [0, 0.1) is 0 Å². The van der Waals surface area contributed by atoms with Crippen molar-refractivity contribution in [2.24, 2.45) is 0 Å². The van der Waals surface area contributed by atoms with Crippen LogP contribution >= 0.6 is 12.4 Å². The molecule has 0 saturated carbocycles. The molecule has 0 aromatic heterocycles. The lowest BCUT2D eigenvalue weighted by molar-refractivity contribution is -0.122. The maximum Gasteiger partial charge on any atom is 0.222 e. The second kappa shape index (κ2) is 12.5. The highest BCUT2D eigenvalue weighted by atomic mass is 35.5. The molecule has 1 aromatic rings. The Hall–Kier alpha value is -1.83. The maximum absolute atomic E-state index is 12.4. The van der Waals surface area contributed by atoms with E-state index in [4.69, 9.17) is 4.74 Å². The van der Waals surface area contributed by atoms with E-state index in [0.717, 1.165) is 38.3 Å². The number of carbonyl (C=O) groups is 2. The third-order valence-electron chi connectivity index (χ3n) is 4.32. The molecule has 1 aromatic carbocycles. The molecule has 1 unspecified atom stereocenters. The minimum atomic E-state index is -0.408. The Balaban J connectivity index is 0.00000364. The zero-order chi connectivity index (χ0) is 18.8. The molecule has 1 atom stereocenters. The van der Waals surface area contributed by atoms with Gasteiger partial charge in [0.2, 0.25) is 11.8 Å². The molecule has 0 spiro atoms. The van der Waals surface area contributed by atoms with Gasteiger partial charge in [-0.3, -0.25) is 14.5 Å². The third kappa shape index (κ3) is 8.15. The first kappa shape index (κ1) is 23.2. The number of nitrogens with one attached hydrogen (secondary N) is 3. The lowest BCUT2D eigenvalue weighted by Crippen LogP contribution is -2.46. The second-order valence-corrected chi connectivity index (χ2v) is 6.37. The van der Waals surface area contributed by atoms with Gasteiger partial charge in [-0.1, -0.05) is 18.2 Å². The number of ether oxygens (including phenoxy) is 1. The summed E-state index contributed by atoms with van der Waals surface area (Å²) in [6, 6.07) is 7.10. The number of benzene rings is 1. The number of piperazine rings is 1. The van der Waals surface area contributed by atoms with Crippen LogP contribution in [-0.2, 0) is 9.59 Å². The van der Waals surface area contributed by atoms with E-state index in [0.29, 0.717) is 18.9 Å². The van der Waals surface area contributed by atoms with Gasteiger partial charge in [0.15, 0.2) is 0 Å². The van der Waals surface area contributed by atoms with Crippen molar-refractivity contribution in [3.63, 3.8) is 0 Å². The standard InChI is InChI=1S/C19H30N4O3.ClH/c1-3-26-18-7-5-4-6-16(18)17(22-15(2)24)14-19(25)21-10-13-23-11-8-20-9-12-23;/h4-7,17,20H,3,8-14H2,1-2H3,(H,21,25)(H,22,24);1H. The fraction of sp³-hybridized carbons (Fsp3) is 0.579. The summed E-state index contributed by atoms with van der Waals surface area (Å²) in [6.45, 7) is 9.34. The summed E-state index contributed by atoms with van der Waals surface area (Å²) in [4.78, 5) is 26.3. The van der Waals surface area contributed by atoms with Gasteiger partial charge in [0.1, 0.15) is 5.75 Å². The smallest absolute Gasteiger partial charge is 0.222 e. The van der Waals surface area contributed by atoms with Gasteiger partial charge in [0.05, 0.1) is 19.1 Å². The Morgan fingerprint density at radius 1 is 1.26 bits per heavy atom. The molecule has 7 nitrogen and oxygen atoms in total. The summed E-state index contributed by atoms with van der Waals surface area (Å²) in [5.74, 6) is 0.447. The molecule has 2 rings (SSSR count). The largest absolute Gasteiger partial charge is 0.494 e. The number of halogens is 1. The molecule has 1 aliphatic heterocycles. The van der Waals surface area contributed by atoms with Crippen LogP contribution in [0.15, 0.2) is 24.3 Å². The summed E-state index contributed by atoms with van der Waals surface area (Å²) < 4.78 is 5.65. The Labute approximate surface area is 167 Å². The minimum absolute atomic E-state index is 0. The molecule has 1 heterocycles. The van der Waals surface area contributed by atoms with E-state index >= 15 is 0 Å². The Morgan fingerprint density at radius 2 is 1.96 bits per heavy atom. The van der Waals surface area contributed by atoms with Gasteiger partial charge >= 0.3 is 0 Å². The van der Waals surface area contributed by atoms with Crippen LogP contribution in [-0.4, -0.2) is 62.6 Å². The van der Waals surface area contributed by atoms with Crippen LogP contribution in [0.25, 0.3) is 0 Å². The summed E-state index contributed by atoms with van der Waals surface area (Å²) in [5.41, 5.74) is 0.821. The molecule has 1 aliphatic rings. The highest BCUT2D eigenvalue weighted by Crippen LogP contribution is 2.27. The molecule has 8 heteroatoms. The number of carbonyl (C=O) groups excluding carboxylic acids is 2. The fourth-order valence-electron chi connectivity index (χ4n) is 3.09. The highest BCUT2D eigenvalue weighted by molar-refractivity contribution is 5.85. The van der Waals surface area contributed by atoms with E-state index in [1.54, 1.807) is 0 Å². The Bertz CT molecular complexity index is 594. The monoisotopic (exact) mass is 398 g/mol. The van der Waals surface area contributed by atoms with Gasteiger partial charge in [-0.2, -0.15) is 0 Å². The van der Waals surface area contributed by atoms with Crippen molar-refractivity contribution in [3.8, 4) is 5.75 Å². The summed E-state index contributed by atoms with van der Waals surface area (Å²) in [5, 5.41) is 9.14. The number of amides is 2. The van der Waals surface area contributed by atoms with Crippen LogP contribution in [0.2, 0.25) is 0 Å². The van der Waals surface area contributed by atoms with Crippen molar-refractivity contribution in [2.75, 3.05) is 45.9 Å². The van der Waals surface area contributed by atoms with Gasteiger partial charge in [0, 0.05) is 51.8 Å². The molecule has 27 heavy (non-hydrogen) atoms. The van der Waals surface area contributed by atoms with E-state index in [9.17, 15) is 9.59 Å². The Kier molecular flexibility index (Phi) is 10.8. The van der Waals surface area contributed by atoms with Crippen LogP contribution < -0.4 is 20.7 Å². The molecule has 0 radical (unpaired) electrons. The molecule has 2 amide bonds. The van der Waals surface area contributed by atoms with Gasteiger partial charge in [-0.15, -0.1) is 12.4 Å². The molecule has 1 fully saturated rings. The van der Waals surface area contributed by atoms with Crippen LogP contribution in [0.4, 0.5) is 0 Å². The van der Waals surface area contributed by atoms with Crippen LogP contribution in [0.5, 0.6) is 5.75 Å². The van der Waals surface area contributed by atoms with Crippen molar-refractivity contribution in [1.29, 1.82) is 0 Å². The lowest BCUT2D eigenvalue weighted by atomic mass is 10.0. The van der Waals surface area contributed by atoms with E-state index in [2.05, 4.69) is 20.9 Å². The fourth-order valence-corrected chi connectivity index (χ4v) is 3.09. The highest BCUT2D eigenvalue weighted by Gasteiger charge is 2.20. The van der Waals surface area contributed by atoms with Crippen molar-refractivity contribution in [3.05, 3.63) is 29.8 Å². The van der Waals surface area contributed by atoms with Gasteiger partial charge in [0.25, 0.3) is 0 Å². The average Bonchev–Trinajstić information content (AvgIpc) is 2.62. The van der Waals surface area contributed by atoms with Crippen LogP contribution in [0.1, 0.15) is 31.9 Å². The normalized spacial score (nSPS) is 15.3. The first-order valence-electron chi connectivity index (χ1n) is 9.28. The molecule has 1 saturated heterocycles. The summed E-state index contributed by atoms with van der Waals surface area (Å²) in [6.07, 6.45) is 0.186. The molecule has 0 aliphatic carbocycles. The predicted molar refractivity (Wildman–Crippen MR) is 108 cm³/mol. The quantitative estimate of drug-likeness (QED) is 0.580. The topological polar surface area (TPSA) is 82.7 Å². The predicted octanol–water partition coefficient (Wildman–Crippen LogP) is 1.10. The van der Waals surface area contributed by atoms with E-state index in [1.807, 2.05) is 31.2 Å². The van der Waals surface area contributed by atoms with E-state index in [1.165, 1.54) is 6.92 Å². The van der Waals surface area contributed by atoms with Crippen LogP contribution in [0.3, 0.4) is 0 Å². The van der Waals surface area contributed by atoms with Gasteiger partial charge in [-0.05, 0) is 13.0 Å². The summed E-state index contributed by atoms with van der Waals surface area (Å²) >= 11 is 0. The number of nitrogens with zero attached hydrogens (tertiary/aromatic N) is 1.